The van der Waals surface area contributed by atoms with Crippen LogP contribution in [0.1, 0.15) is 30.0 Å². The monoisotopic (exact) mass is 360 g/mol. The fourth-order valence-corrected chi connectivity index (χ4v) is 3.62. The molecule has 1 aliphatic heterocycles. The molecule has 2 atom stereocenters. The highest BCUT2D eigenvalue weighted by atomic mass is 35.5. The zero-order valence-electron chi connectivity index (χ0n) is 14.7. The molecule has 1 heterocycles. The zero-order valence-corrected chi connectivity index (χ0v) is 15.5. The number of piperidine rings is 1. The third kappa shape index (κ3) is 4.46. The standard InChI is InChI=1S/C20H25ClN2O2/c1-24-17-8-9-19(25-2)15(12-17)13-23-18-7-4-10-22-20(18)14-5-3-6-16(21)11-14/h3,5-6,8-9,11-12,18,20,22-23H,4,7,10,13H2,1-2H3/t18-,20-/m0/s1. The Morgan fingerprint density at radius 1 is 1.16 bits per heavy atom. The largest absolute Gasteiger partial charge is 0.497 e. The van der Waals surface area contributed by atoms with Crippen molar-refractivity contribution in [2.75, 3.05) is 20.8 Å². The second kappa shape index (κ2) is 8.56. The minimum absolute atomic E-state index is 0.254. The van der Waals surface area contributed by atoms with Crippen molar-refractivity contribution in [1.29, 1.82) is 0 Å². The SMILES string of the molecule is COc1ccc(OC)c(CN[C@H]2CCCN[C@H]2c2cccc(Cl)c2)c1. The van der Waals surface area contributed by atoms with E-state index in [0.717, 1.165) is 48.0 Å². The number of ether oxygens (including phenoxy) is 2. The van der Waals surface area contributed by atoms with Gasteiger partial charge in [-0.1, -0.05) is 23.7 Å². The number of halogens is 1. The van der Waals surface area contributed by atoms with Crippen LogP contribution >= 0.6 is 11.6 Å². The fraction of sp³-hybridized carbons (Fsp3) is 0.400. The Labute approximate surface area is 154 Å². The van der Waals surface area contributed by atoms with Crippen molar-refractivity contribution in [3.63, 3.8) is 0 Å². The summed E-state index contributed by atoms with van der Waals surface area (Å²) < 4.78 is 10.8. The number of hydrogen-bond donors (Lipinski definition) is 2. The van der Waals surface area contributed by atoms with Crippen molar-refractivity contribution in [1.82, 2.24) is 10.6 Å². The first-order chi connectivity index (χ1) is 12.2. The van der Waals surface area contributed by atoms with E-state index >= 15 is 0 Å². The van der Waals surface area contributed by atoms with Crippen LogP contribution < -0.4 is 20.1 Å². The van der Waals surface area contributed by atoms with Crippen molar-refractivity contribution < 1.29 is 9.47 Å². The fourth-order valence-electron chi connectivity index (χ4n) is 3.42. The second-order valence-corrected chi connectivity index (χ2v) is 6.73. The quantitative estimate of drug-likeness (QED) is 0.818. The number of rotatable bonds is 6. The summed E-state index contributed by atoms with van der Waals surface area (Å²) in [6.07, 6.45) is 2.28. The topological polar surface area (TPSA) is 42.5 Å². The van der Waals surface area contributed by atoms with Gasteiger partial charge in [-0.3, -0.25) is 0 Å². The van der Waals surface area contributed by atoms with Crippen LogP contribution in [0.4, 0.5) is 0 Å². The third-order valence-corrected chi connectivity index (χ3v) is 4.94. The van der Waals surface area contributed by atoms with E-state index in [1.54, 1.807) is 14.2 Å². The Bertz CT molecular complexity index is 708. The summed E-state index contributed by atoms with van der Waals surface area (Å²) in [4.78, 5) is 0. The molecule has 2 N–H and O–H groups in total. The van der Waals surface area contributed by atoms with Crippen LogP contribution in [-0.2, 0) is 6.54 Å². The first-order valence-electron chi connectivity index (χ1n) is 8.64. The van der Waals surface area contributed by atoms with E-state index in [1.807, 2.05) is 36.4 Å². The predicted octanol–water partition coefficient (Wildman–Crippen LogP) is 3.94. The lowest BCUT2D eigenvalue weighted by Gasteiger charge is -2.34. The highest BCUT2D eigenvalue weighted by Crippen LogP contribution is 2.28. The molecule has 3 rings (SSSR count). The molecule has 1 aliphatic rings. The Morgan fingerprint density at radius 2 is 2.04 bits per heavy atom. The molecule has 25 heavy (non-hydrogen) atoms. The number of benzene rings is 2. The summed E-state index contributed by atoms with van der Waals surface area (Å²) in [6.45, 7) is 1.75. The summed E-state index contributed by atoms with van der Waals surface area (Å²) in [5.41, 5.74) is 2.32. The van der Waals surface area contributed by atoms with Crippen LogP contribution in [0, 0.1) is 0 Å². The normalized spacial score (nSPS) is 20.3. The first kappa shape index (κ1) is 18.1. The summed E-state index contributed by atoms with van der Waals surface area (Å²) in [5, 5.41) is 8.09. The average molecular weight is 361 g/mol. The predicted molar refractivity (Wildman–Crippen MR) is 102 cm³/mol. The molecule has 5 heteroatoms. The molecule has 2 aromatic carbocycles. The van der Waals surface area contributed by atoms with Gasteiger partial charge in [-0.25, -0.2) is 0 Å². The minimum Gasteiger partial charge on any atom is -0.497 e. The lowest BCUT2D eigenvalue weighted by molar-refractivity contribution is 0.302. The van der Waals surface area contributed by atoms with Gasteiger partial charge in [-0.05, 0) is 55.3 Å². The van der Waals surface area contributed by atoms with E-state index < -0.39 is 0 Å². The molecule has 0 aromatic heterocycles. The van der Waals surface area contributed by atoms with Crippen molar-refractivity contribution >= 4 is 11.6 Å². The Kier molecular flexibility index (Phi) is 6.19. The van der Waals surface area contributed by atoms with E-state index in [4.69, 9.17) is 21.1 Å². The van der Waals surface area contributed by atoms with Gasteiger partial charge in [0.2, 0.25) is 0 Å². The van der Waals surface area contributed by atoms with Gasteiger partial charge in [-0.15, -0.1) is 0 Å². The molecule has 1 fully saturated rings. The van der Waals surface area contributed by atoms with Crippen LogP contribution in [0.25, 0.3) is 0 Å². The molecule has 0 spiro atoms. The first-order valence-corrected chi connectivity index (χ1v) is 9.02. The average Bonchev–Trinajstić information content (AvgIpc) is 2.66. The van der Waals surface area contributed by atoms with E-state index in [0.29, 0.717) is 6.04 Å². The lowest BCUT2D eigenvalue weighted by atomic mass is 9.92. The number of methoxy groups -OCH3 is 2. The molecule has 0 amide bonds. The van der Waals surface area contributed by atoms with E-state index in [9.17, 15) is 0 Å². The van der Waals surface area contributed by atoms with E-state index in [1.165, 1.54) is 5.56 Å². The number of nitrogens with one attached hydrogen (secondary N) is 2. The molecular formula is C20H25ClN2O2. The highest BCUT2D eigenvalue weighted by molar-refractivity contribution is 6.30. The Balaban J connectivity index is 1.74. The smallest absolute Gasteiger partial charge is 0.123 e. The summed E-state index contributed by atoms with van der Waals surface area (Å²) in [7, 11) is 3.38. The van der Waals surface area contributed by atoms with Crippen molar-refractivity contribution in [2.24, 2.45) is 0 Å². The van der Waals surface area contributed by atoms with Gasteiger partial charge in [0.05, 0.1) is 14.2 Å². The molecule has 1 saturated heterocycles. The molecule has 134 valence electrons. The minimum atomic E-state index is 0.254. The lowest BCUT2D eigenvalue weighted by Crippen LogP contribution is -2.45. The van der Waals surface area contributed by atoms with Crippen LogP contribution in [0.5, 0.6) is 11.5 Å². The molecule has 0 saturated carbocycles. The molecule has 0 unspecified atom stereocenters. The van der Waals surface area contributed by atoms with Gasteiger partial charge in [0, 0.05) is 29.2 Å². The zero-order chi connectivity index (χ0) is 17.6. The van der Waals surface area contributed by atoms with Gasteiger partial charge < -0.3 is 20.1 Å². The summed E-state index contributed by atoms with van der Waals surface area (Å²) >= 11 is 6.18. The second-order valence-electron chi connectivity index (χ2n) is 6.29. The Morgan fingerprint density at radius 3 is 2.80 bits per heavy atom. The van der Waals surface area contributed by atoms with Crippen LogP contribution in [0.2, 0.25) is 5.02 Å². The molecule has 0 radical (unpaired) electrons. The molecule has 0 aliphatic carbocycles. The maximum atomic E-state index is 6.18. The maximum Gasteiger partial charge on any atom is 0.123 e. The number of hydrogen-bond acceptors (Lipinski definition) is 4. The van der Waals surface area contributed by atoms with Gasteiger partial charge in [-0.2, -0.15) is 0 Å². The molecule has 2 aromatic rings. The van der Waals surface area contributed by atoms with Crippen LogP contribution in [0.15, 0.2) is 42.5 Å². The third-order valence-electron chi connectivity index (χ3n) is 4.71. The summed E-state index contributed by atoms with van der Waals surface area (Å²) in [5.74, 6) is 1.71. The molecule has 0 bridgehead atoms. The molecule has 4 nitrogen and oxygen atoms in total. The van der Waals surface area contributed by atoms with Gasteiger partial charge in [0.15, 0.2) is 0 Å². The van der Waals surface area contributed by atoms with E-state index in [2.05, 4.69) is 16.7 Å². The maximum absolute atomic E-state index is 6.18. The van der Waals surface area contributed by atoms with E-state index in [-0.39, 0.29) is 6.04 Å². The molecular weight excluding hydrogens is 336 g/mol. The summed E-state index contributed by atoms with van der Waals surface area (Å²) in [6, 6.07) is 14.6. The van der Waals surface area contributed by atoms with Crippen molar-refractivity contribution in [3.8, 4) is 11.5 Å². The van der Waals surface area contributed by atoms with Crippen LogP contribution in [-0.4, -0.2) is 26.8 Å². The van der Waals surface area contributed by atoms with Crippen molar-refractivity contribution in [3.05, 3.63) is 58.6 Å². The van der Waals surface area contributed by atoms with Gasteiger partial charge >= 0.3 is 0 Å². The highest BCUT2D eigenvalue weighted by Gasteiger charge is 2.26. The van der Waals surface area contributed by atoms with Crippen LogP contribution in [0.3, 0.4) is 0 Å². The van der Waals surface area contributed by atoms with Gasteiger partial charge in [0.25, 0.3) is 0 Å². The Hall–Kier alpha value is -1.75. The van der Waals surface area contributed by atoms with Crippen molar-refractivity contribution in [2.45, 2.75) is 31.5 Å². The van der Waals surface area contributed by atoms with Gasteiger partial charge in [0.1, 0.15) is 11.5 Å².